The number of nitrogens with one attached hydrogen (secondary N) is 1. The first-order chi connectivity index (χ1) is 8.45. The lowest BCUT2D eigenvalue weighted by atomic mass is 9.84. The van der Waals surface area contributed by atoms with E-state index in [0.29, 0.717) is 0 Å². The third-order valence-corrected chi connectivity index (χ3v) is 4.61. The van der Waals surface area contributed by atoms with Crippen molar-refractivity contribution in [1.82, 2.24) is 5.32 Å². The topological polar surface area (TPSA) is 12.0 Å². The zero-order valence-electron chi connectivity index (χ0n) is 12.1. The van der Waals surface area contributed by atoms with Crippen molar-refractivity contribution in [3.63, 3.8) is 0 Å². The Kier molecular flexibility index (Phi) is 3.79. The van der Waals surface area contributed by atoms with Gasteiger partial charge >= 0.3 is 0 Å². The van der Waals surface area contributed by atoms with Crippen LogP contribution in [0.15, 0.2) is 18.2 Å². The smallest absolute Gasteiger partial charge is 0.0378 e. The summed E-state index contributed by atoms with van der Waals surface area (Å²) in [5.41, 5.74) is 3.12. The molecule has 0 saturated heterocycles. The number of aryl methyl sites for hydroxylation is 1. The molecular formula is C16H23NS. The fourth-order valence-electron chi connectivity index (χ4n) is 2.49. The van der Waals surface area contributed by atoms with Gasteiger partial charge < -0.3 is 5.32 Å². The molecule has 0 bridgehead atoms. The predicted octanol–water partition coefficient (Wildman–Crippen LogP) is 4.62. The van der Waals surface area contributed by atoms with Gasteiger partial charge in [-0.1, -0.05) is 45.9 Å². The summed E-state index contributed by atoms with van der Waals surface area (Å²) in [4.78, 5) is 1.49. The van der Waals surface area contributed by atoms with E-state index in [9.17, 15) is 0 Å². The highest BCUT2D eigenvalue weighted by molar-refractivity contribution is 7.19. The first-order valence-electron chi connectivity index (χ1n) is 6.67. The van der Waals surface area contributed by atoms with E-state index in [1.54, 1.807) is 0 Å². The van der Waals surface area contributed by atoms with E-state index in [1.807, 2.05) is 11.3 Å². The third-order valence-electron chi connectivity index (χ3n) is 3.27. The molecule has 0 aliphatic rings. The van der Waals surface area contributed by atoms with E-state index >= 15 is 0 Å². The normalized spacial score (nSPS) is 12.3. The Bertz CT molecular complexity index is 546. The van der Waals surface area contributed by atoms with E-state index in [-0.39, 0.29) is 5.41 Å². The quantitative estimate of drug-likeness (QED) is 0.850. The molecule has 1 aromatic carbocycles. The average molecular weight is 261 g/mol. The molecule has 0 amide bonds. The predicted molar refractivity (Wildman–Crippen MR) is 82.6 cm³/mol. The van der Waals surface area contributed by atoms with Gasteiger partial charge in [0.25, 0.3) is 0 Å². The summed E-state index contributed by atoms with van der Waals surface area (Å²) in [6.07, 6.45) is 0. The minimum atomic E-state index is 0.205. The maximum Gasteiger partial charge on any atom is 0.0378 e. The van der Waals surface area contributed by atoms with Crippen LogP contribution in [0.5, 0.6) is 0 Å². The van der Waals surface area contributed by atoms with Gasteiger partial charge in [0.2, 0.25) is 0 Å². The van der Waals surface area contributed by atoms with Crippen LogP contribution in [0.1, 0.15) is 43.7 Å². The number of hydrogen-bond donors (Lipinski definition) is 1. The second kappa shape index (κ2) is 5.02. The van der Waals surface area contributed by atoms with Crippen LogP contribution in [-0.2, 0) is 12.0 Å². The average Bonchev–Trinajstić information content (AvgIpc) is 2.66. The maximum absolute atomic E-state index is 3.47. The molecule has 2 aromatic rings. The van der Waals surface area contributed by atoms with Crippen LogP contribution in [0.25, 0.3) is 10.1 Å². The molecule has 2 rings (SSSR count). The molecule has 0 spiro atoms. The summed E-state index contributed by atoms with van der Waals surface area (Å²) in [6.45, 7) is 13.3. The first kappa shape index (κ1) is 13.6. The molecule has 1 heterocycles. The van der Waals surface area contributed by atoms with Crippen molar-refractivity contribution in [3.8, 4) is 0 Å². The maximum atomic E-state index is 3.47. The minimum absolute atomic E-state index is 0.205. The number of benzene rings is 1. The van der Waals surface area contributed by atoms with Crippen LogP contribution in [0.2, 0.25) is 0 Å². The molecule has 0 aliphatic carbocycles. The minimum Gasteiger partial charge on any atom is -0.312 e. The molecule has 0 saturated carbocycles. The van der Waals surface area contributed by atoms with Gasteiger partial charge in [0.1, 0.15) is 0 Å². The summed E-state index contributed by atoms with van der Waals surface area (Å²) in [6, 6.07) is 6.66. The van der Waals surface area contributed by atoms with Gasteiger partial charge in [-0.05, 0) is 35.4 Å². The lowest BCUT2D eigenvalue weighted by Crippen LogP contribution is -2.17. The van der Waals surface area contributed by atoms with Crippen molar-refractivity contribution < 1.29 is 0 Å². The van der Waals surface area contributed by atoms with Gasteiger partial charge in [-0.15, -0.1) is 11.3 Å². The van der Waals surface area contributed by atoms with Gasteiger partial charge in [-0.3, -0.25) is 0 Å². The van der Waals surface area contributed by atoms with Crippen molar-refractivity contribution >= 4 is 21.4 Å². The highest BCUT2D eigenvalue weighted by atomic mass is 32.1. The molecule has 1 nitrogen and oxygen atoms in total. The van der Waals surface area contributed by atoms with Gasteiger partial charge in [-0.2, -0.15) is 0 Å². The van der Waals surface area contributed by atoms with E-state index < -0.39 is 0 Å². The lowest BCUT2D eigenvalue weighted by molar-refractivity contribution is 0.585. The molecule has 1 N–H and O–H groups in total. The molecule has 0 aliphatic heterocycles. The van der Waals surface area contributed by atoms with Gasteiger partial charge in [0.05, 0.1) is 0 Å². The van der Waals surface area contributed by atoms with Crippen LogP contribution >= 0.6 is 11.3 Å². The molecule has 0 radical (unpaired) electrons. The zero-order valence-corrected chi connectivity index (χ0v) is 12.9. The lowest BCUT2D eigenvalue weighted by Gasteiger charge is -2.20. The SMILES string of the molecule is CCNCc1sc2c(C)cccc2c1C(C)(C)C. The van der Waals surface area contributed by atoms with Crippen LogP contribution in [-0.4, -0.2) is 6.54 Å². The van der Waals surface area contributed by atoms with Crippen molar-refractivity contribution in [2.24, 2.45) is 0 Å². The number of rotatable bonds is 3. The standard InChI is InChI=1S/C16H23NS/c1-6-17-10-13-14(16(3,4)5)12-9-7-8-11(2)15(12)18-13/h7-9,17H,6,10H2,1-5H3. The summed E-state index contributed by atoms with van der Waals surface area (Å²) >= 11 is 1.95. The molecule has 1 aromatic heterocycles. The zero-order chi connectivity index (χ0) is 13.3. The highest BCUT2D eigenvalue weighted by Gasteiger charge is 2.23. The van der Waals surface area contributed by atoms with E-state index in [4.69, 9.17) is 0 Å². The summed E-state index contributed by atoms with van der Waals surface area (Å²) in [5, 5.41) is 4.91. The Morgan fingerprint density at radius 3 is 2.56 bits per heavy atom. The molecule has 0 atom stereocenters. The van der Waals surface area contributed by atoms with E-state index in [0.717, 1.165) is 13.1 Å². The van der Waals surface area contributed by atoms with E-state index in [2.05, 4.69) is 58.1 Å². The Labute approximate surface area is 114 Å². The Morgan fingerprint density at radius 1 is 1.22 bits per heavy atom. The second-order valence-corrected chi connectivity index (χ2v) is 6.99. The first-order valence-corrected chi connectivity index (χ1v) is 7.49. The molecule has 0 unspecified atom stereocenters. The van der Waals surface area contributed by atoms with Gasteiger partial charge in [0, 0.05) is 16.1 Å². The van der Waals surface area contributed by atoms with Crippen molar-refractivity contribution in [2.75, 3.05) is 6.54 Å². The van der Waals surface area contributed by atoms with Crippen molar-refractivity contribution in [1.29, 1.82) is 0 Å². The molecule has 18 heavy (non-hydrogen) atoms. The van der Waals surface area contributed by atoms with Crippen molar-refractivity contribution in [3.05, 3.63) is 34.2 Å². The summed E-state index contributed by atoms with van der Waals surface area (Å²) in [7, 11) is 0. The van der Waals surface area contributed by atoms with Crippen LogP contribution in [0.3, 0.4) is 0 Å². The van der Waals surface area contributed by atoms with Crippen LogP contribution in [0, 0.1) is 6.92 Å². The largest absolute Gasteiger partial charge is 0.312 e. The summed E-state index contributed by atoms with van der Waals surface area (Å²) < 4.78 is 1.45. The monoisotopic (exact) mass is 261 g/mol. The number of fused-ring (bicyclic) bond motifs is 1. The number of thiophene rings is 1. The molecule has 98 valence electrons. The van der Waals surface area contributed by atoms with E-state index in [1.165, 1.54) is 26.1 Å². The third kappa shape index (κ3) is 2.45. The fourth-order valence-corrected chi connectivity index (χ4v) is 3.94. The highest BCUT2D eigenvalue weighted by Crippen LogP contribution is 2.40. The Balaban J connectivity index is 2.65. The van der Waals surface area contributed by atoms with Crippen molar-refractivity contribution in [2.45, 2.75) is 46.6 Å². The fraction of sp³-hybridized carbons (Fsp3) is 0.500. The Hall–Kier alpha value is -0.860. The van der Waals surface area contributed by atoms with Crippen LogP contribution in [0.4, 0.5) is 0 Å². The summed E-state index contributed by atoms with van der Waals surface area (Å²) in [5.74, 6) is 0. The number of hydrogen-bond acceptors (Lipinski definition) is 2. The van der Waals surface area contributed by atoms with Crippen LogP contribution < -0.4 is 5.32 Å². The van der Waals surface area contributed by atoms with Gasteiger partial charge in [-0.25, -0.2) is 0 Å². The Morgan fingerprint density at radius 2 is 1.94 bits per heavy atom. The molecular weight excluding hydrogens is 238 g/mol. The molecule has 0 fully saturated rings. The second-order valence-electron chi connectivity index (χ2n) is 5.88. The van der Waals surface area contributed by atoms with Gasteiger partial charge in [0.15, 0.2) is 0 Å². The molecule has 2 heteroatoms.